The first-order chi connectivity index (χ1) is 27.2. The molecule has 2 aromatic carbocycles. The summed E-state index contributed by atoms with van der Waals surface area (Å²) in [4.78, 5) is 45.8. The van der Waals surface area contributed by atoms with Gasteiger partial charge in [-0.15, -0.1) is 0 Å². The third kappa shape index (κ3) is 6.31. The lowest BCUT2D eigenvalue weighted by atomic mass is 9.40. The Morgan fingerprint density at radius 3 is 2.19 bits per heavy atom. The van der Waals surface area contributed by atoms with Crippen LogP contribution in [-0.4, -0.2) is 96.0 Å². The summed E-state index contributed by atoms with van der Waals surface area (Å²) in [6, 6.07) is 15.2. The van der Waals surface area contributed by atoms with Gasteiger partial charge in [0.1, 0.15) is 23.5 Å². The maximum absolute atomic E-state index is 15.2. The number of ketones is 1. The number of nitrogens with zero attached hydrogens (tertiary/aromatic N) is 1. The molecule has 58 heavy (non-hydrogen) atoms. The molecule has 0 spiro atoms. The summed E-state index contributed by atoms with van der Waals surface area (Å²) in [6.07, 6.45) is -4.15. The van der Waals surface area contributed by atoms with Crippen LogP contribution in [0.3, 0.4) is 0 Å². The molecule has 12 atom stereocenters. The minimum atomic E-state index is -1.52. The highest BCUT2D eigenvalue weighted by Crippen LogP contribution is 2.68. The van der Waals surface area contributed by atoms with Gasteiger partial charge in [0.25, 0.3) is 0 Å². The lowest BCUT2D eigenvalue weighted by molar-refractivity contribution is -0.304. The highest BCUT2D eigenvalue weighted by atomic mass is 16.6. The number of hydrogen-bond donors (Lipinski definition) is 2. The van der Waals surface area contributed by atoms with Crippen LogP contribution < -0.4 is 4.74 Å². The number of methoxy groups -OCH3 is 2. The van der Waals surface area contributed by atoms with Crippen LogP contribution in [0.1, 0.15) is 98.6 Å². The molecule has 12 nitrogen and oxygen atoms in total. The van der Waals surface area contributed by atoms with E-state index in [-0.39, 0.29) is 18.3 Å². The Morgan fingerprint density at radius 2 is 1.64 bits per heavy atom. The normalized spacial score (nSPS) is 38.1. The van der Waals surface area contributed by atoms with Crippen LogP contribution in [0.5, 0.6) is 5.75 Å². The van der Waals surface area contributed by atoms with Crippen LogP contribution in [0.4, 0.5) is 4.79 Å². The molecule has 12 heteroatoms. The van der Waals surface area contributed by atoms with E-state index >= 15 is 4.79 Å². The van der Waals surface area contributed by atoms with Gasteiger partial charge >= 0.3 is 12.1 Å². The van der Waals surface area contributed by atoms with Crippen molar-refractivity contribution in [1.82, 2.24) is 4.90 Å². The number of benzene rings is 2. The molecule has 316 valence electrons. The predicted octanol–water partition coefficient (Wildman–Crippen LogP) is 6.73. The van der Waals surface area contributed by atoms with E-state index in [1.54, 1.807) is 59.3 Å². The molecule has 2 saturated heterocycles. The molecule has 1 amide bonds. The molecule has 2 saturated carbocycles. The van der Waals surface area contributed by atoms with Crippen LogP contribution in [0.2, 0.25) is 0 Å². The highest BCUT2D eigenvalue weighted by Gasteiger charge is 2.73. The van der Waals surface area contributed by atoms with Crippen molar-refractivity contribution >= 4 is 17.8 Å². The minimum Gasteiger partial charge on any atom is -0.497 e. The number of carbonyl (C=O) groups is 3. The van der Waals surface area contributed by atoms with Crippen molar-refractivity contribution in [2.45, 2.75) is 123 Å². The number of hydrogen-bond acceptors (Lipinski definition) is 11. The Morgan fingerprint density at radius 1 is 0.983 bits per heavy atom. The van der Waals surface area contributed by atoms with E-state index < -0.39 is 94.5 Å². The van der Waals surface area contributed by atoms with Gasteiger partial charge in [-0.05, 0) is 75.3 Å². The van der Waals surface area contributed by atoms with Crippen molar-refractivity contribution in [3.63, 3.8) is 0 Å². The fraction of sp³-hybridized carbons (Fsp3) is 0.630. The Balaban J connectivity index is 1.33. The van der Waals surface area contributed by atoms with Crippen LogP contribution in [0.15, 0.2) is 65.7 Å². The summed E-state index contributed by atoms with van der Waals surface area (Å²) >= 11 is 0. The van der Waals surface area contributed by atoms with Crippen molar-refractivity contribution in [1.29, 1.82) is 0 Å². The van der Waals surface area contributed by atoms with E-state index in [9.17, 15) is 19.8 Å². The zero-order valence-corrected chi connectivity index (χ0v) is 35.7. The molecule has 2 heterocycles. The van der Waals surface area contributed by atoms with Crippen LogP contribution in [0.25, 0.3) is 0 Å². The average Bonchev–Trinajstić information content (AvgIpc) is 3.58. The lowest BCUT2D eigenvalue weighted by Crippen LogP contribution is -2.75. The fourth-order valence-electron chi connectivity index (χ4n) is 11.8. The van der Waals surface area contributed by atoms with Crippen molar-refractivity contribution in [2.24, 2.45) is 34.0 Å². The van der Waals surface area contributed by atoms with Gasteiger partial charge in [-0.1, -0.05) is 70.2 Å². The number of aliphatic hydroxyl groups is 2. The summed E-state index contributed by atoms with van der Waals surface area (Å²) in [5.74, 6) is -2.19. The van der Waals surface area contributed by atoms with E-state index in [1.165, 1.54) is 4.90 Å². The van der Waals surface area contributed by atoms with E-state index in [0.29, 0.717) is 41.1 Å². The van der Waals surface area contributed by atoms with Gasteiger partial charge in [-0.25, -0.2) is 9.59 Å². The molecule has 0 aromatic heterocycles. The van der Waals surface area contributed by atoms with Crippen LogP contribution >= 0.6 is 0 Å². The Bertz CT molecular complexity index is 1940. The molecule has 5 aliphatic rings. The lowest BCUT2D eigenvalue weighted by Gasteiger charge is -2.69. The number of fused-ring (bicyclic) bond motifs is 5. The van der Waals surface area contributed by atoms with Crippen molar-refractivity contribution < 1.29 is 53.0 Å². The standard InChI is InChI=1S/C46H61NO11/c1-25-31(22-46(52)26(2)37-44(8)24-55-32(44)21-33(54-11)45(37,9)38(49)30(23-48)34(25)43(46,6)7)56-40(50)36-35(27-15-13-12-14-16-27)47(41(51)58-42(3,4)5)39(57-36)28-17-19-29(53-10)20-18-28/h12-20,26,30-33,35-37,39,48,52H,21-24H2,1-11H3/t26?,30-,31+,32-,33+,35?,36?,37?,39?,44-,45-,46-/m1/s1. The third-order valence-electron chi connectivity index (χ3n) is 14.6. The molecular formula is C46H61NO11. The maximum atomic E-state index is 15.2. The first-order valence-electron chi connectivity index (χ1n) is 20.5. The second-order valence-electron chi connectivity index (χ2n) is 19.1. The molecule has 7 rings (SSSR count). The number of carbonyl (C=O) groups excluding carboxylic acids is 3. The number of aliphatic hydroxyl groups excluding tert-OH is 1. The number of rotatable bonds is 7. The summed E-state index contributed by atoms with van der Waals surface area (Å²) in [5.41, 5.74) is -2.53. The smallest absolute Gasteiger partial charge is 0.413 e. The highest BCUT2D eigenvalue weighted by molar-refractivity contribution is 5.91. The van der Waals surface area contributed by atoms with E-state index in [1.807, 2.05) is 65.0 Å². The molecule has 2 bridgehead atoms. The quantitative estimate of drug-likeness (QED) is 0.227. The van der Waals surface area contributed by atoms with Gasteiger partial charge in [-0.2, -0.15) is 0 Å². The zero-order valence-electron chi connectivity index (χ0n) is 35.7. The largest absolute Gasteiger partial charge is 0.497 e. The summed E-state index contributed by atoms with van der Waals surface area (Å²) in [5, 5.41) is 24.6. The monoisotopic (exact) mass is 803 g/mol. The first kappa shape index (κ1) is 42.3. The van der Waals surface area contributed by atoms with Crippen LogP contribution in [-0.2, 0) is 33.3 Å². The van der Waals surface area contributed by atoms with Gasteiger partial charge in [0.2, 0.25) is 0 Å². The molecule has 3 aliphatic carbocycles. The topological polar surface area (TPSA) is 150 Å². The molecule has 0 radical (unpaired) electrons. The number of Topliss-reactive ketones (excluding diaryl/α,β-unsaturated/α-hetero) is 1. The fourth-order valence-corrected chi connectivity index (χ4v) is 11.8. The summed E-state index contributed by atoms with van der Waals surface area (Å²) in [7, 11) is 3.17. The second-order valence-corrected chi connectivity index (χ2v) is 19.1. The summed E-state index contributed by atoms with van der Waals surface area (Å²) in [6.45, 7) is 17.0. The number of ether oxygens (including phenoxy) is 6. The van der Waals surface area contributed by atoms with Crippen molar-refractivity contribution in [3.8, 4) is 5.75 Å². The SMILES string of the molecule is COc1ccc(C2OC(C(=O)O[C@H]3C[C@@]4(O)C(C)C5[C@]6(C)CO[C@@H]6C[C@H](OC)[C@@]5(C)C(=O)[C@H](CO)C(=C3C)C4(C)C)C(c3ccccc3)N2C(=O)OC(C)(C)C)cc1. The molecule has 2 N–H and O–H groups in total. The van der Waals surface area contributed by atoms with Crippen molar-refractivity contribution in [2.75, 3.05) is 27.4 Å². The zero-order chi connectivity index (χ0) is 42.3. The van der Waals surface area contributed by atoms with E-state index in [2.05, 4.69) is 6.92 Å². The van der Waals surface area contributed by atoms with Gasteiger partial charge < -0.3 is 38.6 Å². The van der Waals surface area contributed by atoms with Crippen LogP contribution in [0, 0.1) is 34.0 Å². The number of esters is 1. The van der Waals surface area contributed by atoms with Gasteiger partial charge in [-0.3, -0.25) is 9.69 Å². The molecule has 4 fully saturated rings. The summed E-state index contributed by atoms with van der Waals surface area (Å²) < 4.78 is 36.7. The predicted molar refractivity (Wildman–Crippen MR) is 213 cm³/mol. The minimum absolute atomic E-state index is 0.0286. The Hall–Kier alpha value is -3.81. The average molecular weight is 804 g/mol. The molecule has 5 unspecified atom stereocenters. The number of amides is 1. The van der Waals surface area contributed by atoms with Gasteiger partial charge in [0.05, 0.1) is 49.5 Å². The Kier molecular flexibility index (Phi) is 10.7. The maximum Gasteiger partial charge on any atom is 0.413 e. The molecule has 2 aromatic rings. The second kappa shape index (κ2) is 14.7. The molecule has 2 aliphatic heterocycles. The Labute approximate surface area is 342 Å². The first-order valence-corrected chi connectivity index (χ1v) is 20.5. The van der Waals surface area contributed by atoms with E-state index in [0.717, 1.165) is 0 Å². The van der Waals surface area contributed by atoms with Gasteiger partial charge in [0, 0.05) is 36.3 Å². The van der Waals surface area contributed by atoms with E-state index in [4.69, 9.17) is 28.4 Å². The third-order valence-corrected chi connectivity index (χ3v) is 14.6. The molecular weight excluding hydrogens is 743 g/mol. The van der Waals surface area contributed by atoms with Gasteiger partial charge in [0.15, 0.2) is 18.1 Å². The van der Waals surface area contributed by atoms with Crippen molar-refractivity contribution in [3.05, 3.63) is 76.9 Å².